The highest BCUT2D eigenvalue weighted by molar-refractivity contribution is 5.85. The molecule has 0 bridgehead atoms. The Morgan fingerprint density at radius 3 is 2.26 bits per heavy atom. The van der Waals surface area contributed by atoms with Crippen molar-refractivity contribution in [1.29, 1.82) is 0 Å². The van der Waals surface area contributed by atoms with Crippen LogP contribution in [-0.2, 0) is 6.54 Å². The molecule has 1 fully saturated rings. The van der Waals surface area contributed by atoms with Gasteiger partial charge in [0.25, 0.3) is 0 Å². The summed E-state index contributed by atoms with van der Waals surface area (Å²) in [6.45, 7) is 2.80. The highest BCUT2D eigenvalue weighted by Crippen LogP contribution is 2.31. The molecule has 4 heterocycles. The van der Waals surface area contributed by atoms with Gasteiger partial charge in [0.1, 0.15) is 5.52 Å². The molecule has 1 aliphatic rings. The molecule has 7 rings (SSSR count). The minimum absolute atomic E-state index is 0.00633. The lowest BCUT2D eigenvalue weighted by Crippen LogP contribution is -2.36. The van der Waals surface area contributed by atoms with E-state index in [1.165, 1.54) is 5.56 Å². The Morgan fingerprint density at radius 2 is 1.46 bits per heavy atom. The number of benzene rings is 3. The number of hydrogen-bond acceptors (Lipinski definition) is 5. The fourth-order valence-corrected chi connectivity index (χ4v) is 5.70. The van der Waals surface area contributed by atoms with Gasteiger partial charge in [-0.15, -0.1) is 0 Å². The number of piperidine rings is 1. The maximum Gasteiger partial charge on any atom is 0.326 e. The summed E-state index contributed by atoms with van der Waals surface area (Å²) in [5, 5.41) is 0. The number of imidazole rings is 1. The Balaban J connectivity index is 1.10. The monoisotopic (exact) mass is 512 g/mol. The molecule has 0 unspecified atom stereocenters. The molecular weight excluding hydrogens is 484 g/mol. The normalized spacial score (nSPS) is 14.8. The van der Waals surface area contributed by atoms with Crippen LogP contribution < -0.4 is 5.69 Å². The lowest BCUT2D eigenvalue weighted by molar-refractivity contribution is 0.180. The molecule has 3 aromatic carbocycles. The summed E-state index contributed by atoms with van der Waals surface area (Å²) in [6.07, 6.45) is 5.44. The van der Waals surface area contributed by atoms with E-state index in [-0.39, 0.29) is 11.7 Å². The number of fused-ring (bicyclic) bond motifs is 2. The molecule has 192 valence electrons. The summed E-state index contributed by atoms with van der Waals surface area (Å²) in [6, 6.07) is 29.0. The number of aromatic nitrogens is 5. The van der Waals surface area contributed by atoms with Crippen LogP contribution in [0.15, 0.2) is 102 Å². The van der Waals surface area contributed by atoms with Gasteiger partial charge in [0.2, 0.25) is 0 Å². The van der Waals surface area contributed by atoms with Crippen molar-refractivity contribution in [2.75, 3.05) is 13.1 Å². The summed E-state index contributed by atoms with van der Waals surface area (Å²) in [5.41, 5.74) is 8.60. The fraction of sp³-hybridized carbons (Fsp3) is 0.188. The molecule has 7 nitrogen and oxygen atoms in total. The summed E-state index contributed by atoms with van der Waals surface area (Å²) < 4.78 is 1.95. The van der Waals surface area contributed by atoms with Crippen LogP contribution in [-0.4, -0.2) is 42.5 Å². The van der Waals surface area contributed by atoms with Crippen LogP contribution in [0.4, 0.5) is 0 Å². The minimum atomic E-state index is -0.00633. The van der Waals surface area contributed by atoms with Gasteiger partial charge in [0.15, 0.2) is 0 Å². The van der Waals surface area contributed by atoms with Crippen molar-refractivity contribution in [3.8, 4) is 22.5 Å². The molecule has 0 amide bonds. The smallest absolute Gasteiger partial charge is 0.306 e. The molecule has 0 aliphatic carbocycles. The van der Waals surface area contributed by atoms with Crippen LogP contribution in [0.1, 0.15) is 24.4 Å². The first kappa shape index (κ1) is 23.5. The Kier molecular flexibility index (Phi) is 5.98. The summed E-state index contributed by atoms with van der Waals surface area (Å²) in [7, 11) is 0. The van der Waals surface area contributed by atoms with Gasteiger partial charge in [-0.2, -0.15) is 0 Å². The van der Waals surface area contributed by atoms with Crippen molar-refractivity contribution in [3.05, 3.63) is 113 Å². The standard InChI is InChI=1S/C32H28N6O/c39-32-36-27-8-4-5-9-29(27)38(32)25-15-18-37(19-16-25)21-22-10-12-24(13-11-22)31-30(23-6-2-1-3-7-23)35-28-20-33-17-14-26(28)34-31/h1-14,17,20,25H,15-16,18-19,21H2,(H,36,39). The number of rotatable bonds is 5. The average Bonchev–Trinajstić information content (AvgIpc) is 3.33. The van der Waals surface area contributed by atoms with E-state index in [1.54, 1.807) is 12.4 Å². The first-order chi connectivity index (χ1) is 19.2. The zero-order chi connectivity index (χ0) is 26.2. The van der Waals surface area contributed by atoms with Crippen LogP contribution in [0, 0.1) is 0 Å². The van der Waals surface area contributed by atoms with Crippen molar-refractivity contribution in [2.45, 2.75) is 25.4 Å². The van der Waals surface area contributed by atoms with Crippen LogP contribution in [0.2, 0.25) is 0 Å². The van der Waals surface area contributed by atoms with Crippen molar-refractivity contribution in [2.24, 2.45) is 0 Å². The number of aromatic amines is 1. The van der Waals surface area contributed by atoms with Gasteiger partial charge in [-0.05, 0) is 36.6 Å². The van der Waals surface area contributed by atoms with Crippen LogP contribution in [0.3, 0.4) is 0 Å². The molecule has 0 spiro atoms. The van der Waals surface area contributed by atoms with Gasteiger partial charge in [-0.1, -0.05) is 66.7 Å². The third kappa shape index (κ3) is 4.51. The largest absolute Gasteiger partial charge is 0.326 e. The van der Waals surface area contributed by atoms with Crippen molar-refractivity contribution in [3.63, 3.8) is 0 Å². The summed E-state index contributed by atoms with van der Waals surface area (Å²) >= 11 is 0. The SMILES string of the molecule is O=c1[nH]c2ccccc2n1C1CCN(Cc2ccc(-c3nc4ccncc4nc3-c3ccccc3)cc2)CC1. The number of hydrogen-bond donors (Lipinski definition) is 1. The lowest BCUT2D eigenvalue weighted by atomic mass is 10.0. The average molecular weight is 513 g/mol. The molecule has 0 saturated carbocycles. The number of nitrogens with zero attached hydrogens (tertiary/aromatic N) is 5. The number of pyridine rings is 1. The molecular formula is C32H28N6O. The van der Waals surface area contributed by atoms with E-state index < -0.39 is 0 Å². The molecule has 3 aromatic heterocycles. The van der Waals surface area contributed by atoms with Crippen molar-refractivity contribution >= 4 is 22.1 Å². The topological polar surface area (TPSA) is 79.7 Å². The fourth-order valence-electron chi connectivity index (χ4n) is 5.70. The Morgan fingerprint density at radius 1 is 0.769 bits per heavy atom. The molecule has 7 heteroatoms. The van der Waals surface area contributed by atoms with E-state index in [2.05, 4.69) is 51.3 Å². The second kappa shape index (κ2) is 9.93. The first-order valence-electron chi connectivity index (χ1n) is 13.4. The molecule has 1 saturated heterocycles. The van der Waals surface area contributed by atoms with E-state index >= 15 is 0 Å². The number of para-hydroxylation sites is 2. The Hall–Kier alpha value is -4.62. The molecule has 1 aliphatic heterocycles. The zero-order valence-electron chi connectivity index (χ0n) is 21.5. The van der Waals surface area contributed by atoms with E-state index in [4.69, 9.17) is 9.97 Å². The predicted molar refractivity (Wildman–Crippen MR) is 154 cm³/mol. The van der Waals surface area contributed by atoms with E-state index in [0.717, 1.165) is 77.1 Å². The first-order valence-corrected chi connectivity index (χ1v) is 13.4. The number of likely N-dealkylation sites (tertiary alicyclic amines) is 1. The zero-order valence-corrected chi connectivity index (χ0v) is 21.5. The van der Waals surface area contributed by atoms with Crippen LogP contribution >= 0.6 is 0 Å². The van der Waals surface area contributed by atoms with Gasteiger partial charge < -0.3 is 4.98 Å². The van der Waals surface area contributed by atoms with Gasteiger partial charge in [-0.3, -0.25) is 14.5 Å². The second-order valence-electron chi connectivity index (χ2n) is 10.2. The highest BCUT2D eigenvalue weighted by Gasteiger charge is 2.23. The van der Waals surface area contributed by atoms with E-state index in [1.807, 2.05) is 53.1 Å². The van der Waals surface area contributed by atoms with E-state index in [9.17, 15) is 4.79 Å². The minimum Gasteiger partial charge on any atom is -0.306 e. The van der Waals surface area contributed by atoms with Gasteiger partial charge >= 0.3 is 5.69 Å². The third-order valence-electron chi connectivity index (χ3n) is 7.69. The van der Waals surface area contributed by atoms with Crippen LogP contribution in [0.25, 0.3) is 44.6 Å². The highest BCUT2D eigenvalue weighted by atomic mass is 16.1. The van der Waals surface area contributed by atoms with Crippen LogP contribution in [0.5, 0.6) is 0 Å². The lowest BCUT2D eigenvalue weighted by Gasteiger charge is -2.32. The summed E-state index contributed by atoms with van der Waals surface area (Å²) in [5.74, 6) is 0. The van der Waals surface area contributed by atoms with Crippen molar-refractivity contribution < 1.29 is 0 Å². The number of H-pyrrole nitrogens is 1. The predicted octanol–water partition coefficient (Wildman–Crippen LogP) is 5.84. The number of nitrogens with one attached hydrogen (secondary N) is 1. The molecule has 0 atom stereocenters. The van der Waals surface area contributed by atoms with Crippen molar-refractivity contribution in [1.82, 2.24) is 29.4 Å². The third-order valence-corrected chi connectivity index (χ3v) is 7.69. The van der Waals surface area contributed by atoms with Gasteiger partial charge in [-0.25, -0.2) is 14.8 Å². The molecule has 6 aromatic rings. The molecule has 0 radical (unpaired) electrons. The second-order valence-corrected chi connectivity index (χ2v) is 10.2. The quantitative estimate of drug-likeness (QED) is 0.314. The summed E-state index contributed by atoms with van der Waals surface area (Å²) in [4.78, 5) is 32.2. The maximum atomic E-state index is 12.6. The van der Waals surface area contributed by atoms with E-state index in [0.29, 0.717) is 0 Å². The Bertz CT molecular complexity index is 1820. The Labute approximate surface area is 225 Å². The molecule has 1 N–H and O–H groups in total. The maximum absolute atomic E-state index is 12.6. The van der Waals surface area contributed by atoms with Gasteiger partial charge in [0.05, 0.1) is 34.1 Å². The van der Waals surface area contributed by atoms with Gasteiger partial charge in [0, 0.05) is 43.0 Å². The molecule has 39 heavy (non-hydrogen) atoms.